The number of rotatable bonds is 8. The van der Waals surface area contributed by atoms with Crippen molar-refractivity contribution in [3.8, 4) is 0 Å². The van der Waals surface area contributed by atoms with Crippen molar-refractivity contribution in [2.24, 2.45) is 0 Å². The fraction of sp³-hybridized carbons (Fsp3) is 0.750. The molecule has 1 unspecified atom stereocenters. The first-order valence-electron chi connectivity index (χ1n) is 7.42. The van der Waals surface area contributed by atoms with Gasteiger partial charge >= 0.3 is 0 Å². The number of hydrogen-bond donors (Lipinski definition) is 1. The van der Waals surface area contributed by atoms with Gasteiger partial charge in [0.15, 0.2) is 0 Å². The van der Waals surface area contributed by atoms with E-state index in [-0.39, 0.29) is 0 Å². The van der Waals surface area contributed by atoms with Crippen molar-refractivity contribution in [2.45, 2.75) is 59.5 Å². The Balaban J connectivity index is 2.21. The average Bonchev–Trinajstić information content (AvgIpc) is 2.67. The lowest BCUT2D eigenvalue weighted by Crippen LogP contribution is -2.28. The molecule has 1 heterocycles. The second-order valence-electron chi connectivity index (χ2n) is 5.83. The summed E-state index contributed by atoms with van der Waals surface area (Å²) in [5.41, 5.74) is 1.47. The van der Waals surface area contributed by atoms with Gasteiger partial charge in [-0.2, -0.15) is 0 Å². The van der Waals surface area contributed by atoms with Crippen LogP contribution in [-0.4, -0.2) is 31.1 Å². The Hall–Kier alpha value is -0.380. The molecule has 0 aromatic carbocycles. The summed E-state index contributed by atoms with van der Waals surface area (Å²) in [5.74, 6) is 0. The van der Waals surface area contributed by atoms with E-state index in [0.717, 1.165) is 6.54 Å². The van der Waals surface area contributed by atoms with Crippen LogP contribution in [0.1, 0.15) is 55.0 Å². The molecule has 0 fully saturated rings. The van der Waals surface area contributed by atoms with Crippen molar-refractivity contribution < 1.29 is 0 Å². The third-order valence-corrected chi connectivity index (χ3v) is 4.80. The Bertz CT molecular complexity index is 371. The van der Waals surface area contributed by atoms with E-state index in [9.17, 15) is 0 Å². The Morgan fingerprint density at radius 1 is 1.21 bits per heavy atom. The van der Waals surface area contributed by atoms with Crippen LogP contribution in [0.25, 0.3) is 0 Å². The monoisotopic (exact) mass is 282 g/mol. The van der Waals surface area contributed by atoms with Gasteiger partial charge in [-0.3, -0.25) is 0 Å². The minimum absolute atomic E-state index is 0.479. The van der Waals surface area contributed by atoms with E-state index in [0.29, 0.717) is 12.1 Å². The van der Waals surface area contributed by atoms with E-state index in [1.165, 1.54) is 34.7 Å². The lowest BCUT2D eigenvalue weighted by atomic mass is 10.1. The van der Waals surface area contributed by atoms with Gasteiger partial charge in [-0.15, -0.1) is 11.3 Å². The largest absolute Gasteiger partial charge is 0.310 e. The van der Waals surface area contributed by atoms with Crippen LogP contribution in [0.15, 0.2) is 6.07 Å². The molecular formula is C16H30N2S. The summed E-state index contributed by atoms with van der Waals surface area (Å²) in [6.07, 6.45) is 2.53. The molecule has 0 saturated heterocycles. The first-order valence-corrected chi connectivity index (χ1v) is 8.24. The third-order valence-electron chi connectivity index (χ3n) is 3.82. The van der Waals surface area contributed by atoms with E-state index >= 15 is 0 Å². The van der Waals surface area contributed by atoms with Crippen molar-refractivity contribution in [2.75, 3.05) is 20.1 Å². The molecule has 3 heteroatoms. The number of unbranched alkanes of at least 4 members (excludes halogenated alkanes) is 1. The maximum Gasteiger partial charge on any atom is 0.0302 e. The summed E-state index contributed by atoms with van der Waals surface area (Å²) in [5, 5.41) is 3.64. The van der Waals surface area contributed by atoms with Crippen LogP contribution in [0.2, 0.25) is 0 Å². The summed E-state index contributed by atoms with van der Waals surface area (Å²) in [7, 11) is 2.21. The number of hydrogen-bond acceptors (Lipinski definition) is 3. The lowest BCUT2D eigenvalue weighted by Gasteiger charge is -2.21. The van der Waals surface area contributed by atoms with Gasteiger partial charge in [0, 0.05) is 21.8 Å². The van der Waals surface area contributed by atoms with Gasteiger partial charge in [0.25, 0.3) is 0 Å². The Kier molecular flexibility index (Phi) is 7.05. The van der Waals surface area contributed by atoms with E-state index < -0.39 is 0 Å². The molecule has 19 heavy (non-hydrogen) atoms. The second-order valence-corrected chi connectivity index (χ2v) is 7.29. The molecule has 0 aliphatic carbocycles. The molecule has 0 bridgehead atoms. The first-order chi connectivity index (χ1) is 8.91. The van der Waals surface area contributed by atoms with Gasteiger partial charge < -0.3 is 10.2 Å². The molecule has 0 amide bonds. The molecule has 1 atom stereocenters. The molecule has 1 N–H and O–H groups in total. The second kappa shape index (κ2) is 8.03. The normalized spacial score (nSPS) is 13.5. The Morgan fingerprint density at radius 3 is 2.42 bits per heavy atom. The van der Waals surface area contributed by atoms with Crippen molar-refractivity contribution in [1.82, 2.24) is 10.2 Å². The first kappa shape index (κ1) is 16.7. The van der Waals surface area contributed by atoms with Gasteiger partial charge in [-0.25, -0.2) is 0 Å². The highest BCUT2D eigenvalue weighted by Crippen LogP contribution is 2.25. The molecule has 1 aromatic rings. The molecular weight excluding hydrogens is 252 g/mol. The van der Waals surface area contributed by atoms with Gasteiger partial charge in [-0.1, -0.05) is 0 Å². The number of nitrogens with one attached hydrogen (secondary N) is 1. The van der Waals surface area contributed by atoms with Crippen molar-refractivity contribution >= 4 is 11.3 Å². The van der Waals surface area contributed by atoms with E-state index in [2.05, 4.69) is 57.9 Å². The summed E-state index contributed by atoms with van der Waals surface area (Å²) in [6.45, 7) is 13.5. The van der Waals surface area contributed by atoms with Gasteiger partial charge in [-0.05, 0) is 79.2 Å². The zero-order valence-corrected chi connectivity index (χ0v) is 14.2. The predicted molar refractivity (Wildman–Crippen MR) is 87.2 cm³/mol. The summed E-state index contributed by atoms with van der Waals surface area (Å²) in [4.78, 5) is 5.28. The lowest BCUT2D eigenvalue weighted by molar-refractivity contribution is 0.267. The van der Waals surface area contributed by atoms with Crippen LogP contribution in [0.5, 0.6) is 0 Å². The maximum absolute atomic E-state index is 3.64. The van der Waals surface area contributed by atoms with Gasteiger partial charge in [0.1, 0.15) is 0 Å². The predicted octanol–water partition coefficient (Wildman–Crippen LogP) is 4.14. The fourth-order valence-electron chi connectivity index (χ4n) is 2.25. The molecule has 0 aliphatic heterocycles. The van der Waals surface area contributed by atoms with Crippen molar-refractivity contribution in [3.63, 3.8) is 0 Å². The topological polar surface area (TPSA) is 15.3 Å². The zero-order valence-electron chi connectivity index (χ0n) is 13.4. The minimum Gasteiger partial charge on any atom is -0.310 e. The summed E-state index contributed by atoms with van der Waals surface area (Å²) in [6, 6.07) is 3.46. The quantitative estimate of drug-likeness (QED) is 0.721. The van der Waals surface area contributed by atoms with Crippen LogP contribution in [0, 0.1) is 13.8 Å². The van der Waals surface area contributed by atoms with Crippen molar-refractivity contribution in [3.05, 3.63) is 21.4 Å². The van der Waals surface area contributed by atoms with Gasteiger partial charge in [0.2, 0.25) is 0 Å². The molecule has 0 saturated carbocycles. The van der Waals surface area contributed by atoms with Crippen molar-refractivity contribution in [1.29, 1.82) is 0 Å². The zero-order chi connectivity index (χ0) is 14.4. The van der Waals surface area contributed by atoms with Crippen LogP contribution in [-0.2, 0) is 0 Å². The Labute approximate surface area is 123 Å². The molecule has 1 rings (SSSR count). The minimum atomic E-state index is 0.479. The van der Waals surface area contributed by atoms with Crippen LogP contribution in [0.3, 0.4) is 0 Å². The smallest absolute Gasteiger partial charge is 0.0302 e. The highest BCUT2D eigenvalue weighted by Gasteiger charge is 2.10. The number of aryl methyl sites for hydroxylation is 2. The molecule has 0 spiro atoms. The van der Waals surface area contributed by atoms with Crippen LogP contribution in [0.4, 0.5) is 0 Å². The highest BCUT2D eigenvalue weighted by molar-refractivity contribution is 7.12. The van der Waals surface area contributed by atoms with Crippen LogP contribution >= 0.6 is 11.3 Å². The number of nitrogens with zero attached hydrogens (tertiary/aromatic N) is 1. The molecule has 2 nitrogen and oxygen atoms in total. The standard InChI is InChI=1S/C16H30N2S/c1-12(2)18(6)10-8-7-9-17-14(4)16-11-13(3)19-15(16)5/h11-12,14,17H,7-10H2,1-6H3. The van der Waals surface area contributed by atoms with E-state index in [4.69, 9.17) is 0 Å². The summed E-state index contributed by atoms with van der Waals surface area (Å²) >= 11 is 1.90. The third kappa shape index (κ3) is 5.64. The average molecular weight is 282 g/mol. The van der Waals surface area contributed by atoms with E-state index in [1.807, 2.05) is 11.3 Å². The fourth-order valence-corrected chi connectivity index (χ4v) is 3.28. The Morgan fingerprint density at radius 2 is 1.89 bits per heavy atom. The molecule has 110 valence electrons. The molecule has 1 aromatic heterocycles. The molecule has 0 radical (unpaired) electrons. The van der Waals surface area contributed by atoms with Crippen LogP contribution < -0.4 is 5.32 Å². The van der Waals surface area contributed by atoms with Gasteiger partial charge in [0.05, 0.1) is 0 Å². The number of thiophene rings is 1. The molecule has 0 aliphatic rings. The highest BCUT2D eigenvalue weighted by atomic mass is 32.1. The maximum atomic E-state index is 3.64. The SMILES string of the molecule is Cc1cc(C(C)NCCCCN(C)C(C)C)c(C)s1. The van der Waals surface area contributed by atoms with E-state index in [1.54, 1.807) is 0 Å². The summed E-state index contributed by atoms with van der Waals surface area (Å²) < 4.78 is 0.